The molecule has 1 aromatic rings. The molecular weight excluding hydrogens is 272 g/mol. The van der Waals surface area contributed by atoms with Crippen LogP contribution in [-0.4, -0.2) is 44.1 Å². The summed E-state index contributed by atoms with van der Waals surface area (Å²) in [7, 11) is 3.91. The molecule has 0 amide bonds. The van der Waals surface area contributed by atoms with Gasteiger partial charge in [-0.1, -0.05) is 50.6 Å². The van der Waals surface area contributed by atoms with E-state index in [4.69, 9.17) is 9.73 Å². The van der Waals surface area contributed by atoms with Crippen molar-refractivity contribution in [1.82, 2.24) is 4.90 Å². The summed E-state index contributed by atoms with van der Waals surface area (Å²) in [6, 6.07) is 10.8. The van der Waals surface area contributed by atoms with Crippen LogP contribution >= 0.6 is 0 Å². The Bertz CT molecular complexity index is 419. The molecule has 0 N–H and O–H groups in total. The van der Waals surface area contributed by atoms with Crippen molar-refractivity contribution in [2.24, 2.45) is 10.9 Å². The summed E-state index contributed by atoms with van der Waals surface area (Å²) in [5, 5.41) is 0. The van der Waals surface area contributed by atoms with Crippen molar-refractivity contribution in [3.8, 4) is 0 Å². The average molecular weight is 304 g/mol. The summed E-state index contributed by atoms with van der Waals surface area (Å²) in [6.45, 7) is 7.62. The molecule has 0 saturated heterocycles. The second-order valence-electron chi connectivity index (χ2n) is 6.16. The van der Waals surface area contributed by atoms with Crippen LogP contribution in [0, 0.1) is 5.92 Å². The summed E-state index contributed by atoms with van der Waals surface area (Å²) < 4.78 is 5.66. The lowest BCUT2D eigenvalue weighted by molar-refractivity contribution is -0.0359. The highest BCUT2D eigenvalue weighted by molar-refractivity contribution is 5.61. The third kappa shape index (κ3) is 6.71. The Balaban J connectivity index is 2.51. The molecule has 0 spiro atoms. The largest absolute Gasteiger partial charge is 0.366 e. The maximum atomic E-state index is 5.66. The number of aliphatic imine (C=N–C) groups is 1. The van der Waals surface area contributed by atoms with E-state index in [0.29, 0.717) is 6.04 Å². The molecule has 1 rings (SSSR count). The van der Waals surface area contributed by atoms with E-state index in [2.05, 4.69) is 69.3 Å². The fraction of sp³-hybridized carbons (Fsp3) is 0.632. The second-order valence-corrected chi connectivity index (χ2v) is 6.16. The molecule has 124 valence electrons. The van der Waals surface area contributed by atoms with E-state index in [9.17, 15) is 0 Å². The zero-order chi connectivity index (χ0) is 16.4. The van der Waals surface area contributed by atoms with E-state index in [1.165, 1.54) is 18.4 Å². The lowest BCUT2D eigenvalue weighted by atomic mass is 10.1. The fourth-order valence-electron chi connectivity index (χ4n) is 2.69. The van der Waals surface area contributed by atoms with Gasteiger partial charge in [-0.2, -0.15) is 0 Å². The molecule has 3 nitrogen and oxygen atoms in total. The minimum absolute atomic E-state index is 0.0965. The van der Waals surface area contributed by atoms with Gasteiger partial charge in [-0.25, -0.2) is 0 Å². The Labute approximate surface area is 136 Å². The molecular formula is C19H32N2O. The lowest BCUT2D eigenvalue weighted by Gasteiger charge is -2.29. The van der Waals surface area contributed by atoms with Crippen LogP contribution in [0.5, 0.6) is 0 Å². The predicted octanol–water partition coefficient (Wildman–Crippen LogP) is 4.03. The van der Waals surface area contributed by atoms with Crippen LogP contribution in [0.3, 0.4) is 0 Å². The number of hydrogen-bond donors (Lipinski definition) is 0. The maximum absolute atomic E-state index is 5.66. The monoisotopic (exact) mass is 304 g/mol. The number of hydrogen-bond acceptors (Lipinski definition) is 3. The normalized spacial score (nSPS) is 16.1. The zero-order valence-electron chi connectivity index (χ0n) is 14.8. The molecule has 0 heterocycles. The smallest absolute Gasteiger partial charge is 0.117 e. The predicted molar refractivity (Wildman–Crippen MR) is 95.6 cm³/mol. The Hall–Kier alpha value is -1.19. The summed E-state index contributed by atoms with van der Waals surface area (Å²) in [5.74, 6) is 0.282. The quantitative estimate of drug-likeness (QED) is 0.481. The average Bonchev–Trinajstić information content (AvgIpc) is 2.52. The van der Waals surface area contributed by atoms with Crippen molar-refractivity contribution in [1.29, 1.82) is 0 Å². The Kier molecular flexibility index (Phi) is 9.02. The van der Waals surface area contributed by atoms with Crippen molar-refractivity contribution in [3.05, 3.63) is 35.9 Å². The third-order valence-electron chi connectivity index (χ3n) is 3.94. The maximum Gasteiger partial charge on any atom is 0.117 e. The number of ether oxygens (including phenoxy) is 1. The van der Waals surface area contributed by atoms with E-state index in [1.807, 2.05) is 0 Å². The Morgan fingerprint density at radius 3 is 2.50 bits per heavy atom. The van der Waals surface area contributed by atoms with Crippen LogP contribution in [0.25, 0.3) is 0 Å². The Morgan fingerprint density at radius 1 is 1.23 bits per heavy atom. The van der Waals surface area contributed by atoms with Crippen LogP contribution in [0.2, 0.25) is 0 Å². The highest BCUT2D eigenvalue weighted by Crippen LogP contribution is 2.11. The first-order valence-corrected chi connectivity index (χ1v) is 8.38. The molecule has 0 fully saturated rings. The van der Waals surface area contributed by atoms with E-state index >= 15 is 0 Å². The molecule has 0 saturated carbocycles. The van der Waals surface area contributed by atoms with Crippen molar-refractivity contribution in [2.75, 3.05) is 20.7 Å². The van der Waals surface area contributed by atoms with Gasteiger partial charge in [0.05, 0.1) is 6.04 Å². The van der Waals surface area contributed by atoms with Crippen molar-refractivity contribution in [2.45, 2.75) is 52.3 Å². The van der Waals surface area contributed by atoms with E-state index in [-0.39, 0.29) is 12.1 Å². The molecule has 0 aromatic heterocycles. The molecule has 3 heteroatoms. The van der Waals surface area contributed by atoms with Gasteiger partial charge in [0.1, 0.15) is 6.23 Å². The van der Waals surface area contributed by atoms with E-state index in [0.717, 1.165) is 13.0 Å². The lowest BCUT2D eigenvalue weighted by Crippen LogP contribution is -2.39. The summed E-state index contributed by atoms with van der Waals surface area (Å²) in [4.78, 5) is 7.00. The fourth-order valence-corrected chi connectivity index (χ4v) is 2.69. The number of unbranched alkanes of at least 4 members (excludes halogenated alkanes) is 1. The van der Waals surface area contributed by atoms with E-state index < -0.39 is 0 Å². The van der Waals surface area contributed by atoms with Crippen LogP contribution in [0.4, 0.5) is 0 Å². The molecule has 3 atom stereocenters. The van der Waals surface area contributed by atoms with Gasteiger partial charge in [0, 0.05) is 25.8 Å². The standard InChI is InChI=1S/C19H32N2O/c1-6-7-13-21(4)19(22-5)16(2)15-20-17(3)14-18-11-9-8-10-12-18/h8-12,15-17,19H,6-7,13-14H2,1-5H3. The van der Waals surface area contributed by atoms with Gasteiger partial charge in [-0.3, -0.25) is 9.89 Å². The summed E-state index contributed by atoms with van der Waals surface area (Å²) in [6.07, 6.45) is 5.54. The summed E-state index contributed by atoms with van der Waals surface area (Å²) >= 11 is 0. The van der Waals surface area contributed by atoms with Gasteiger partial charge in [0.15, 0.2) is 0 Å². The van der Waals surface area contributed by atoms with Crippen LogP contribution in [0.15, 0.2) is 35.3 Å². The molecule has 0 radical (unpaired) electrons. The van der Waals surface area contributed by atoms with Gasteiger partial charge in [0.25, 0.3) is 0 Å². The molecule has 3 unspecified atom stereocenters. The van der Waals surface area contributed by atoms with Crippen molar-refractivity contribution < 1.29 is 4.74 Å². The van der Waals surface area contributed by atoms with Gasteiger partial charge in [-0.15, -0.1) is 0 Å². The number of nitrogens with zero attached hydrogens (tertiary/aromatic N) is 2. The number of methoxy groups -OCH3 is 1. The molecule has 0 aliphatic carbocycles. The SMILES string of the molecule is CCCCN(C)C(OC)C(C)C=NC(C)Cc1ccccc1. The molecule has 1 aromatic carbocycles. The first kappa shape index (κ1) is 18.9. The molecule has 0 aliphatic heterocycles. The van der Waals surface area contributed by atoms with E-state index in [1.54, 1.807) is 7.11 Å². The first-order chi connectivity index (χ1) is 10.6. The third-order valence-corrected chi connectivity index (χ3v) is 3.94. The topological polar surface area (TPSA) is 24.8 Å². The number of benzene rings is 1. The van der Waals surface area contributed by atoms with Crippen molar-refractivity contribution in [3.63, 3.8) is 0 Å². The molecule has 0 bridgehead atoms. The highest BCUT2D eigenvalue weighted by atomic mass is 16.5. The van der Waals surface area contributed by atoms with Gasteiger partial charge >= 0.3 is 0 Å². The second kappa shape index (κ2) is 10.5. The Morgan fingerprint density at radius 2 is 1.91 bits per heavy atom. The highest BCUT2D eigenvalue weighted by Gasteiger charge is 2.19. The number of rotatable bonds is 10. The van der Waals surface area contributed by atoms with Gasteiger partial charge in [0.2, 0.25) is 0 Å². The minimum atomic E-state index is 0.0965. The van der Waals surface area contributed by atoms with Crippen LogP contribution < -0.4 is 0 Å². The minimum Gasteiger partial charge on any atom is -0.366 e. The van der Waals surface area contributed by atoms with Crippen LogP contribution in [-0.2, 0) is 11.2 Å². The van der Waals surface area contributed by atoms with Crippen LogP contribution in [0.1, 0.15) is 39.2 Å². The molecule has 0 aliphatic rings. The summed E-state index contributed by atoms with van der Waals surface area (Å²) in [5.41, 5.74) is 1.34. The van der Waals surface area contributed by atoms with Crippen molar-refractivity contribution >= 4 is 6.21 Å². The zero-order valence-corrected chi connectivity index (χ0v) is 14.8. The molecule has 22 heavy (non-hydrogen) atoms. The first-order valence-electron chi connectivity index (χ1n) is 8.38. The van der Waals surface area contributed by atoms with Gasteiger partial charge < -0.3 is 4.74 Å². The van der Waals surface area contributed by atoms with Gasteiger partial charge in [-0.05, 0) is 32.4 Å².